The van der Waals surface area contributed by atoms with Crippen LogP contribution in [0.2, 0.25) is 0 Å². The average Bonchev–Trinajstić information content (AvgIpc) is 2.81. The maximum Gasteiger partial charge on any atom is 0.162 e. The van der Waals surface area contributed by atoms with Crippen LogP contribution in [0.25, 0.3) is 0 Å². The minimum absolute atomic E-state index is 0.245. The molecule has 0 amide bonds. The fraction of sp³-hybridized carbons (Fsp3) is 0.786. The summed E-state index contributed by atoms with van der Waals surface area (Å²) in [6.45, 7) is 4.16. The van der Waals surface area contributed by atoms with Gasteiger partial charge in [-0.2, -0.15) is 5.10 Å². The van der Waals surface area contributed by atoms with E-state index in [9.17, 15) is 5.11 Å². The van der Waals surface area contributed by atoms with E-state index in [1.807, 2.05) is 4.68 Å². The number of hydrogen-bond acceptors (Lipinski definition) is 3. The van der Waals surface area contributed by atoms with Gasteiger partial charge in [-0.15, -0.1) is 0 Å². The van der Waals surface area contributed by atoms with Crippen LogP contribution < -0.4 is 4.74 Å². The number of aliphatic hydroxyl groups excluding tert-OH is 1. The Balaban J connectivity index is 1.86. The van der Waals surface area contributed by atoms with Crippen LogP contribution in [0.3, 0.4) is 0 Å². The molecule has 1 aromatic heterocycles. The van der Waals surface area contributed by atoms with Crippen molar-refractivity contribution < 1.29 is 9.84 Å². The van der Waals surface area contributed by atoms with Crippen molar-refractivity contribution in [2.24, 2.45) is 17.8 Å². The molecule has 3 rings (SSSR count). The molecule has 0 spiro atoms. The van der Waals surface area contributed by atoms with E-state index in [4.69, 9.17) is 4.74 Å². The SMILES string of the molecule is COc1cnn(C(C)C)c1C(O)C1CC2CC2C1. The summed E-state index contributed by atoms with van der Waals surface area (Å²) in [4.78, 5) is 0. The molecular formula is C14H22N2O2. The van der Waals surface area contributed by atoms with Gasteiger partial charge in [-0.1, -0.05) is 0 Å². The van der Waals surface area contributed by atoms with Crippen LogP contribution in [0.1, 0.15) is 50.9 Å². The Labute approximate surface area is 108 Å². The summed E-state index contributed by atoms with van der Waals surface area (Å²) < 4.78 is 7.25. The lowest BCUT2D eigenvalue weighted by Crippen LogP contribution is -2.18. The summed E-state index contributed by atoms with van der Waals surface area (Å²) in [7, 11) is 1.64. The Morgan fingerprint density at radius 2 is 2.00 bits per heavy atom. The van der Waals surface area contributed by atoms with E-state index in [0.29, 0.717) is 5.92 Å². The Morgan fingerprint density at radius 1 is 1.33 bits per heavy atom. The van der Waals surface area contributed by atoms with Crippen molar-refractivity contribution in [3.63, 3.8) is 0 Å². The molecule has 3 atom stereocenters. The highest BCUT2D eigenvalue weighted by molar-refractivity contribution is 5.28. The highest BCUT2D eigenvalue weighted by Crippen LogP contribution is 2.57. The third-order valence-corrected chi connectivity index (χ3v) is 4.51. The van der Waals surface area contributed by atoms with Crippen LogP contribution >= 0.6 is 0 Å². The lowest BCUT2D eigenvalue weighted by molar-refractivity contribution is 0.0911. The first-order chi connectivity index (χ1) is 8.61. The summed E-state index contributed by atoms with van der Waals surface area (Å²) >= 11 is 0. The van der Waals surface area contributed by atoms with Gasteiger partial charge < -0.3 is 9.84 Å². The lowest BCUT2D eigenvalue weighted by atomic mass is 9.94. The minimum atomic E-state index is -0.433. The average molecular weight is 250 g/mol. The Kier molecular flexibility index (Phi) is 2.85. The molecule has 4 nitrogen and oxygen atoms in total. The van der Waals surface area contributed by atoms with Crippen molar-refractivity contribution in [2.45, 2.75) is 45.3 Å². The molecule has 2 aliphatic carbocycles. The molecule has 0 saturated heterocycles. The summed E-state index contributed by atoms with van der Waals surface area (Å²) in [6, 6.07) is 0.245. The second-order valence-corrected chi connectivity index (χ2v) is 6.07. The third kappa shape index (κ3) is 1.83. The molecule has 0 radical (unpaired) electrons. The van der Waals surface area contributed by atoms with Gasteiger partial charge in [-0.05, 0) is 50.9 Å². The predicted molar refractivity (Wildman–Crippen MR) is 68.4 cm³/mol. The molecule has 3 unspecified atom stereocenters. The topological polar surface area (TPSA) is 47.3 Å². The monoisotopic (exact) mass is 250 g/mol. The number of rotatable bonds is 4. The second kappa shape index (κ2) is 4.26. The predicted octanol–water partition coefficient (Wildman–Crippen LogP) is 2.55. The zero-order valence-electron chi connectivity index (χ0n) is 11.3. The molecule has 1 aromatic rings. The fourth-order valence-electron chi connectivity index (χ4n) is 3.45. The van der Waals surface area contributed by atoms with E-state index in [1.165, 1.54) is 6.42 Å². The first-order valence-corrected chi connectivity index (χ1v) is 6.91. The highest BCUT2D eigenvalue weighted by atomic mass is 16.5. The standard InChI is InChI=1S/C14H22N2O2/c1-8(2)16-13(12(18-3)7-15-16)14(17)11-5-9-4-10(9)6-11/h7-11,14,17H,4-6H2,1-3H3. The smallest absolute Gasteiger partial charge is 0.162 e. The largest absolute Gasteiger partial charge is 0.493 e. The molecule has 18 heavy (non-hydrogen) atoms. The molecule has 100 valence electrons. The molecule has 2 saturated carbocycles. The van der Waals surface area contributed by atoms with Crippen molar-refractivity contribution in [1.82, 2.24) is 9.78 Å². The molecule has 4 heteroatoms. The van der Waals surface area contributed by atoms with E-state index < -0.39 is 6.10 Å². The van der Waals surface area contributed by atoms with Crippen LogP contribution in [0.4, 0.5) is 0 Å². The van der Waals surface area contributed by atoms with Crippen molar-refractivity contribution in [3.05, 3.63) is 11.9 Å². The zero-order valence-corrected chi connectivity index (χ0v) is 11.3. The third-order valence-electron chi connectivity index (χ3n) is 4.51. The van der Waals surface area contributed by atoms with Crippen LogP contribution in [0, 0.1) is 17.8 Å². The molecule has 2 fully saturated rings. The lowest BCUT2D eigenvalue weighted by Gasteiger charge is -2.23. The van der Waals surface area contributed by atoms with Crippen molar-refractivity contribution >= 4 is 0 Å². The number of nitrogens with zero attached hydrogens (tertiary/aromatic N) is 2. The maximum atomic E-state index is 10.6. The number of ether oxygens (including phenoxy) is 1. The van der Waals surface area contributed by atoms with Gasteiger partial charge >= 0.3 is 0 Å². The van der Waals surface area contributed by atoms with Gasteiger partial charge in [-0.25, -0.2) is 0 Å². The quantitative estimate of drug-likeness (QED) is 0.893. The van der Waals surface area contributed by atoms with E-state index in [1.54, 1.807) is 13.3 Å². The number of hydrogen-bond donors (Lipinski definition) is 1. The maximum absolute atomic E-state index is 10.6. The van der Waals surface area contributed by atoms with Gasteiger partial charge in [0.25, 0.3) is 0 Å². The van der Waals surface area contributed by atoms with Crippen LogP contribution in [-0.4, -0.2) is 22.0 Å². The van der Waals surface area contributed by atoms with E-state index >= 15 is 0 Å². The number of aliphatic hydroxyl groups is 1. The molecule has 1 N–H and O–H groups in total. The summed E-state index contributed by atoms with van der Waals surface area (Å²) in [5.41, 5.74) is 0.860. The van der Waals surface area contributed by atoms with E-state index in [0.717, 1.165) is 36.1 Å². The van der Waals surface area contributed by atoms with Gasteiger partial charge in [0.05, 0.1) is 13.3 Å². The second-order valence-electron chi connectivity index (χ2n) is 6.07. The van der Waals surface area contributed by atoms with Crippen molar-refractivity contribution in [2.75, 3.05) is 7.11 Å². The van der Waals surface area contributed by atoms with E-state index in [-0.39, 0.29) is 6.04 Å². The molecule has 1 heterocycles. The zero-order chi connectivity index (χ0) is 12.9. The summed E-state index contributed by atoms with van der Waals surface area (Å²) in [5, 5.41) is 15.0. The Morgan fingerprint density at radius 3 is 2.56 bits per heavy atom. The fourth-order valence-corrected chi connectivity index (χ4v) is 3.45. The van der Waals surface area contributed by atoms with E-state index in [2.05, 4.69) is 18.9 Å². The number of methoxy groups -OCH3 is 1. The summed E-state index contributed by atoms with van der Waals surface area (Å²) in [5.74, 6) is 2.87. The van der Waals surface area contributed by atoms with Gasteiger partial charge in [0.1, 0.15) is 11.8 Å². The number of fused-ring (bicyclic) bond motifs is 1. The number of aromatic nitrogens is 2. The van der Waals surface area contributed by atoms with Gasteiger partial charge in [-0.3, -0.25) is 4.68 Å². The molecule has 0 bridgehead atoms. The molecule has 0 aliphatic heterocycles. The Hall–Kier alpha value is -1.03. The van der Waals surface area contributed by atoms with Crippen LogP contribution in [-0.2, 0) is 0 Å². The summed E-state index contributed by atoms with van der Waals surface area (Å²) in [6.07, 6.45) is 4.99. The Bertz CT molecular complexity index is 431. The van der Waals surface area contributed by atoms with Gasteiger partial charge in [0, 0.05) is 6.04 Å². The van der Waals surface area contributed by atoms with Gasteiger partial charge in [0.2, 0.25) is 0 Å². The molecular weight excluding hydrogens is 228 g/mol. The minimum Gasteiger partial charge on any atom is -0.493 e. The van der Waals surface area contributed by atoms with Crippen LogP contribution in [0.5, 0.6) is 5.75 Å². The highest BCUT2D eigenvalue weighted by Gasteiger charge is 2.48. The molecule has 0 aromatic carbocycles. The first-order valence-electron chi connectivity index (χ1n) is 6.91. The van der Waals surface area contributed by atoms with Crippen molar-refractivity contribution in [3.8, 4) is 5.75 Å². The van der Waals surface area contributed by atoms with Crippen molar-refractivity contribution in [1.29, 1.82) is 0 Å². The van der Waals surface area contributed by atoms with Gasteiger partial charge in [0.15, 0.2) is 5.75 Å². The normalized spacial score (nSPS) is 31.5. The first kappa shape index (κ1) is 12.0. The molecule has 2 aliphatic rings. The van der Waals surface area contributed by atoms with Crippen LogP contribution in [0.15, 0.2) is 6.20 Å².